The van der Waals surface area contributed by atoms with Crippen LogP contribution in [0.4, 0.5) is 0 Å². The van der Waals surface area contributed by atoms with Gasteiger partial charge >= 0.3 is 0 Å². The number of ketones is 2. The first-order chi connectivity index (χ1) is 6.48. The van der Waals surface area contributed by atoms with Gasteiger partial charge < -0.3 is 0 Å². The van der Waals surface area contributed by atoms with E-state index in [1.54, 1.807) is 0 Å². The Morgan fingerprint density at radius 1 is 1.07 bits per heavy atom. The topological polar surface area (TPSA) is 34.1 Å². The lowest BCUT2D eigenvalue weighted by Gasteiger charge is -2.51. The summed E-state index contributed by atoms with van der Waals surface area (Å²) in [7, 11) is 0. The summed E-state index contributed by atoms with van der Waals surface area (Å²) in [6.07, 6.45) is 4.74. The molecule has 0 spiro atoms. The summed E-state index contributed by atoms with van der Waals surface area (Å²) in [5.74, 6) is 0.735. The zero-order chi connectivity index (χ0) is 10.4. The minimum absolute atomic E-state index is 0.0440. The first-order valence-corrected chi connectivity index (χ1v) is 5.53. The molecule has 0 aromatic rings. The third-order valence-corrected chi connectivity index (χ3v) is 4.57. The van der Waals surface area contributed by atoms with Crippen molar-refractivity contribution in [3.63, 3.8) is 0 Å². The molecule has 0 aromatic heterocycles. The summed E-state index contributed by atoms with van der Waals surface area (Å²) in [4.78, 5) is 23.4. The molecule has 0 N–H and O–H groups in total. The molecule has 2 fully saturated rings. The molecule has 0 aromatic carbocycles. The molecular formula is C12H18O2. The summed E-state index contributed by atoms with van der Waals surface area (Å²) < 4.78 is 0. The van der Waals surface area contributed by atoms with Crippen LogP contribution >= 0.6 is 0 Å². The van der Waals surface area contributed by atoms with Gasteiger partial charge in [-0.15, -0.1) is 0 Å². The van der Waals surface area contributed by atoms with Crippen LogP contribution in [0.15, 0.2) is 0 Å². The Morgan fingerprint density at radius 2 is 1.79 bits per heavy atom. The molecule has 2 aliphatic carbocycles. The second-order valence-corrected chi connectivity index (χ2v) is 5.38. The van der Waals surface area contributed by atoms with Crippen LogP contribution in [0.2, 0.25) is 0 Å². The lowest BCUT2D eigenvalue weighted by molar-refractivity contribution is -0.149. The Bertz CT molecular complexity index is 295. The highest BCUT2D eigenvalue weighted by atomic mass is 16.1. The first kappa shape index (κ1) is 9.88. The molecule has 2 saturated carbocycles. The Labute approximate surface area is 85.1 Å². The molecule has 2 atom stereocenters. The average Bonchev–Trinajstić information content (AvgIpc) is 2.10. The van der Waals surface area contributed by atoms with Crippen molar-refractivity contribution >= 4 is 11.6 Å². The Hall–Kier alpha value is -0.660. The molecule has 0 radical (unpaired) electrons. The summed E-state index contributed by atoms with van der Waals surface area (Å²) in [5.41, 5.74) is -0.253. The van der Waals surface area contributed by atoms with E-state index in [0.29, 0.717) is 24.4 Å². The minimum atomic E-state index is -0.209. The molecule has 0 bridgehead atoms. The number of hydrogen-bond acceptors (Lipinski definition) is 2. The molecule has 2 nitrogen and oxygen atoms in total. The van der Waals surface area contributed by atoms with Crippen molar-refractivity contribution in [2.75, 3.05) is 0 Å². The fourth-order valence-electron chi connectivity index (χ4n) is 3.17. The predicted molar refractivity (Wildman–Crippen MR) is 53.9 cm³/mol. The van der Waals surface area contributed by atoms with E-state index in [1.165, 1.54) is 0 Å². The highest BCUT2D eigenvalue weighted by molar-refractivity contribution is 5.90. The SMILES string of the molecule is C[C@@]12CCCC(=O)[C@]1(C)CCC(=O)C2. The van der Waals surface area contributed by atoms with E-state index in [-0.39, 0.29) is 10.8 Å². The van der Waals surface area contributed by atoms with Crippen molar-refractivity contribution in [3.05, 3.63) is 0 Å². The lowest BCUT2D eigenvalue weighted by atomic mass is 9.51. The van der Waals surface area contributed by atoms with Crippen LogP contribution in [0.3, 0.4) is 0 Å². The molecule has 0 aliphatic heterocycles. The van der Waals surface area contributed by atoms with Crippen LogP contribution in [-0.4, -0.2) is 11.6 Å². The summed E-state index contributed by atoms with van der Waals surface area (Å²) >= 11 is 0. The second-order valence-electron chi connectivity index (χ2n) is 5.38. The van der Waals surface area contributed by atoms with Crippen LogP contribution in [0.1, 0.15) is 52.4 Å². The largest absolute Gasteiger partial charge is 0.300 e. The number of fused-ring (bicyclic) bond motifs is 1. The van der Waals surface area contributed by atoms with E-state index < -0.39 is 0 Å². The zero-order valence-electron chi connectivity index (χ0n) is 9.06. The maximum Gasteiger partial charge on any atom is 0.139 e. The van der Waals surface area contributed by atoms with E-state index in [9.17, 15) is 9.59 Å². The van der Waals surface area contributed by atoms with Crippen LogP contribution in [0, 0.1) is 10.8 Å². The second kappa shape index (κ2) is 2.91. The van der Waals surface area contributed by atoms with Crippen molar-refractivity contribution in [1.82, 2.24) is 0 Å². The summed E-state index contributed by atoms with van der Waals surface area (Å²) in [5, 5.41) is 0. The highest BCUT2D eigenvalue weighted by Gasteiger charge is 2.54. The number of Topliss-reactive ketones (excluding diaryl/α,β-unsaturated/α-hetero) is 2. The normalized spacial score (nSPS) is 43.6. The van der Waals surface area contributed by atoms with Gasteiger partial charge in [0.05, 0.1) is 0 Å². The highest BCUT2D eigenvalue weighted by Crippen LogP contribution is 2.55. The molecule has 0 unspecified atom stereocenters. The van der Waals surface area contributed by atoms with Gasteiger partial charge in [-0.25, -0.2) is 0 Å². The smallest absolute Gasteiger partial charge is 0.139 e. The molecule has 2 aliphatic rings. The van der Waals surface area contributed by atoms with Crippen LogP contribution < -0.4 is 0 Å². The Kier molecular flexibility index (Phi) is 2.06. The zero-order valence-corrected chi connectivity index (χ0v) is 9.06. The fourth-order valence-corrected chi connectivity index (χ4v) is 3.17. The Balaban J connectivity index is 2.36. The van der Waals surface area contributed by atoms with Gasteiger partial charge in [0.1, 0.15) is 11.6 Å². The van der Waals surface area contributed by atoms with Gasteiger partial charge in [-0.1, -0.05) is 13.8 Å². The molecule has 0 heterocycles. The van der Waals surface area contributed by atoms with Gasteiger partial charge in [0.15, 0.2) is 0 Å². The van der Waals surface area contributed by atoms with Crippen molar-refractivity contribution in [1.29, 1.82) is 0 Å². The van der Waals surface area contributed by atoms with Gasteiger partial charge in [0.2, 0.25) is 0 Å². The van der Waals surface area contributed by atoms with Crippen LogP contribution in [-0.2, 0) is 9.59 Å². The van der Waals surface area contributed by atoms with Gasteiger partial charge in [0.25, 0.3) is 0 Å². The average molecular weight is 194 g/mol. The van der Waals surface area contributed by atoms with E-state index in [1.807, 2.05) is 0 Å². The molecule has 2 heteroatoms. The van der Waals surface area contributed by atoms with Crippen molar-refractivity contribution in [2.24, 2.45) is 10.8 Å². The minimum Gasteiger partial charge on any atom is -0.300 e. The molecule has 2 rings (SSSR count). The Morgan fingerprint density at radius 3 is 2.50 bits per heavy atom. The molecule has 0 saturated heterocycles. The van der Waals surface area contributed by atoms with E-state index in [2.05, 4.69) is 13.8 Å². The van der Waals surface area contributed by atoms with Crippen molar-refractivity contribution in [3.8, 4) is 0 Å². The van der Waals surface area contributed by atoms with Crippen LogP contribution in [0.25, 0.3) is 0 Å². The van der Waals surface area contributed by atoms with Gasteiger partial charge in [-0.2, -0.15) is 0 Å². The monoisotopic (exact) mass is 194 g/mol. The fraction of sp³-hybridized carbons (Fsp3) is 0.833. The van der Waals surface area contributed by atoms with E-state index in [4.69, 9.17) is 0 Å². The van der Waals surface area contributed by atoms with E-state index in [0.717, 1.165) is 25.7 Å². The van der Waals surface area contributed by atoms with Gasteiger partial charge in [0, 0.05) is 24.7 Å². The quantitative estimate of drug-likeness (QED) is 0.593. The van der Waals surface area contributed by atoms with E-state index >= 15 is 0 Å². The number of hydrogen-bond donors (Lipinski definition) is 0. The summed E-state index contributed by atoms with van der Waals surface area (Å²) in [6.45, 7) is 4.20. The third-order valence-electron chi connectivity index (χ3n) is 4.57. The molecule has 14 heavy (non-hydrogen) atoms. The van der Waals surface area contributed by atoms with Gasteiger partial charge in [-0.05, 0) is 24.7 Å². The number of rotatable bonds is 0. The molecule has 78 valence electrons. The molecule has 0 amide bonds. The molecular weight excluding hydrogens is 176 g/mol. The number of carbonyl (C=O) groups is 2. The number of carbonyl (C=O) groups excluding carboxylic acids is 2. The van der Waals surface area contributed by atoms with Crippen molar-refractivity contribution in [2.45, 2.75) is 52.4 Å². The lowest BCUT2D eigenvalue weighted by Crippen LogP contribution is -2.51. The summed E-state index contributed by atoms with van der Waals surface area (Å²) in [6, 6.07) is 0. The van der Waals surface area contributed by atoms with Crippen molar-refractivity contribution < 1.29 is 9.59 Å². The maximum absolute atomic E-state index is 12.0. The van der Waals surface area contributed by atoms with Gasteiger partial charge in [-0.3, -0.25) is 9.59 Å². The maximum atomic E-state index is 12.0. The predicted octanol–water partition coefficient (Wildman–Crippen LogP) is 2.51. The third kappa shape index (κ3) is 1.16. The van der Waals surface area contributed by atoms with Crippen LogP contribution in [0.5, 0.6) is 0 Å². The first-order valence-electron chi connectivity index (χ1n) is 5.53. The standard InChI is InChI=1S/C12H18O2/c1-11-6-3-4-10(14)12(11,2)7-5-9(13)8-11/h3-8H2,1-2H3/t11-,12-/m0/s1.